The maximum atomic E-state index is 12.0. The highest BCUT2D eigenvalue weighted by atomic mass is 16.5. The van der Waals surface area contributed by atoms with Gasteiger partial charge in [-0.2, -0.15) is 10.4 Å². The van der Waals surface area contributed by atoms with Crippen molar-refractivity contribution in [1.82, 2.24) is 19.9 Å². The summed E-state index contributed by atoms with van der Waals surface area (Å²) in [7, 11) is 0. The van der Waals surface area contributed by atoms with Gasteiger partial charge in [-0.25, -0.2) is 9.50 Å². The molecule has 0 bridgehead atoms. The molecule has 0 saturated carbocycles. The molecule has 0 aliphatic heterocycles. The van der Waals surface area contributed by atoms with Crippen LogP contribution in [0, 0.1) is 25.2 Å². The van der Waals surface area contributed by atoms with Crippen LogP contribution < -0.4 is 5.32 Å². The Morgan fingerprint density at radius 2 is 2.12 bits per heavy atom. The van der Waals surface area contributed by atoms with Gasteiger partial charge in [0.15, 0.2) is 5.65 Å². The smallest absolute Gasteiger partial charge is 0.307 e. The number of hydrogen-bond donors (Lipinski definition) is 1. The number of aryl methyl sites for hydroxylation is 2. The first-order chi connectivity index (χ1) is 12.5. The monoisotopic (exact) mass is 357 g/mol. The molecule has 1 amide bonds. The van der Waals surface area contributed by atoms with Crippen molar-refractivity contribution in [2.45, 2.75) is 46.5 Å². The van der Waals surface area contributed by atoms with Crippen LogP contribution in [-0.4, -0.2) is 39.6 Å². The number of nitriles is 1. The van der Waals surface area contributed by atoms with E-state index < -0.39 is 0 Å². The van der Waals surface area contributed by atoms with Crippen molar-refractivity contribution in [3.8, 4) is 6.07 Å². The van der Waals surface area contributed by atoms with Crippen molar-refractivity contribution in [1.29, 1.82) is 5.26 Å². The molecule has 26 heavy (non-hydrogen) atoms. The van der Waals surface area contributed by atoms with E-state index in [9.17, 15) is 9.59 Å². The number of nitrogens with zero attached hydrogens (tertiary/aromatic N) is 4. The highest BCUT2D eigenvalue weighted by Crippen LogP contribution is 2.18. The van der Waals surface area contributed by atoms with Gasteiger partial charge in [-0.1, -0.05) is 6.92 Å². The van der Waals surface area contributed by atoms with E-state index in [4.69, 9.17) is 10.00 Å². The van der Waals surface area contributed by atoms with E-state index in [-0.39, 0.29) is 31.3 Å². The lowest BCUT2D eigenvalue weighted by molar-refractivity contribution is -0.143. The van der Waals surface area contributed by atoms with Crippen molar-refractivity contribution >= 4 is 17.5 Å². The van der Waals surface area contributed by atoms with Gasteiger partial charge >= 0.3 is 5.97 Å². The topological polar surface area (TPSA) is 109 Å². The minimum absolute atomic E-state index is 0.134. The average Bonchev–Trinajstić information content (AvgIpc) is 3.02. The van der Waals surface area contributed by atoms with Gasteiger partial charge in [0, 0.05) is 24.4 Å². The van der Waals surface area contributed by atoms with E-state index >= 15 is 0 Å². The highest BCUT2D eigenvalue weighted by Gasteiger charge is 2.14. The molecular formula is C18H23N5O3. The molecule has 2 aromatic rings. The molecule has 0 aliphatic rings. The number of fused-ring (bicyclic) bond motifs is 1. The van der Waals surface area contributed by atoms with Gasteiger partial charge in [0.2, 0.25) is 5.91 Å². The van der Waals surface area contributed by atoms with Crippen LogP contribution in [-0.2, 0) is 20.7 Å². The summed E-state index contributed by atoms with van der Waals surface area (Å²) in [5.41, 5.74) is 3.53. The van der Waals surface area contributed by atoms with Crippen LogP contribution in [0.15, 0.2) is 6.20 Å². The number of amides is 1. The third-order valence-corrected chi connectivity index (χ3v) is 4.05. The summed E-state index contributed by atoms with van der Waals surface area (Å²) < 4.78 is 6.58. The first-order valence-corrected chi connectivity index (χ1v) is 8.64. The first kappa shape index (κ1) is 19.4. The van der Waals surface area contributed by atoms with Gasteiger partial charge in [0.05, 0.1) is 19.2 Å². The normalized spacial score (nSPS) is 10.5. The van der Waals surface area contributed by atoms with E-state index in [1.807, 2.05) is 20.8 Å². The lowest BCUT2D eigenvalue weighted by Gasteiger charge is -2.11. The number of ether oxygens (including phenoxy) is 1. The number of carbonyl (C=O) groups is 2. The van der Waals surface area contributed by atoms with E-state index in [0.29, 0.717) is 24.2 Å². The number of rotatable bonds is 8. The Balaban J connectivity index is 1.92. The molecule has 0 radical (unpaired) electrons. The Kier molecular flexibility index (Phi) is 6.67. The Hall–Kier alpha value is -2.95. The van der Waals surface area contributed by atoms with E-state index in [1.54, 1.807) is 4.52 Å². The molecule has 0 unspecified atom stereocenters. The molecule has 0 fully saturated rings. The zero-order valence-electron chi connectivity index (χ0n) is 15.3. The third kappa shape index (κ3) is 4.57. The molecule has 0 aromatic carbocycles. The molecule has 2 rings (SSSR count). The summed E-state index contributed by atoms with van der Waals surface area (Å²) >= 11 is 0. The van der Waals surface area contributed by atoms with Gasteiger partial charge in [-0.3, -0.25) is 9.59 Å². The molecule has 1 N–H and O–H groups in total. The van der Waals surface area contributed by atoms with Crippen LogP contribution >= 0.6 is 0 Å². The molecule has 138 valence electrons. The minimum atomic E-state index is -0.305. The first-order valence-electron chi connectivity index (χ1n) is 8.64. The molecule has 8 nitrogen and oxygen atoms in total. The maximum Gasteiger partial charge on any atom is 0.307 e. The van der Waals surface area contributed by atoms with Crippen LogP contribution in [0.3, 0.4) is 0 Å². The van der Waals surface area contributed by atoms with Crippen LogP contribution in [0.4, 0.5) is 0 Å². The molecule has 0 aliphatic carbocycles. The maximum absolute atomic E-state index is 12.0. The second-order valence-electron chi connectivity index (χ2n) is 5.99. The van der Waals surface area contributed by atoms with Gasteiger partial charge in [0.25, 0.3) is 0 Å². The van der Waals surface area contributed by atoms with Crippen LogP contribution in [0.25, 0.3) is 5.65 Å². The van der Waals surface area contributed by atoms with E-state index in [2.05, 4.69) is 21.5 Å². The predicted octanol–water partition coefficient (Wildman–Crippen LogP) is 1.61. The Bertz CT molecular complexity index is 851. The number of carbonyl (C=O) groups excluding carboxylic acids is 2. The van der Waals surface area contributed by atoms with Crippen LogP contribution in [0.1, 0.15) is 48.7 Å². The lowest BCUT2D eigenvalue weighted by atomic mass is 10.1. The molecule has 0 spiro atoms. The highest BCUT2D eigenvalue weighted by molar-refractivity contribution is 5.77. The van der Waals surface area contributed by atoms with Gasteiger partial charge in [-0.05, 0) is 32.3 Å². The molecular weight excluding hydrogens is 334 g/mol. The van der Waals surface area contributed by atoms with Gasteiger partial charge in [0.1, 0.15) is 11.6 Å². The number of aromatic nitrogens is 3. The minimum Gasteiger partial charge on any atom is -0.466 e. The molecule has 2 aromatic heterocycles. The summed E-state index contributed by atoms with van der Waals surface area (Å²) in [5.74, 6) is -0.439. The zero-order chi connectivity index (χ0) is 19.1. The molecule has 0 atom stereocenters. The standard InChI is InChI=1S/C18H23N5O3/c1-4-9-26-17(25)7-8-20-16(24)6-5-15-12(2)22-18-14(10-19)11-21-23(18)13(15)3/h11H,4-9H2,1-3H3,(H,20,24). The van der Waals surface area contributed by atoms with Crippen molar-refractivity contribution < 1.29 is 14.3 Å². The van der Waals surface area contributed by atoms with Crippen molar-refractivity contribution in [2.24, 2.45) is 0 Å². The second-order valence-corrected chi connectivity index (χ2v) is 5.99. The summed E-state index contributed by atoms with van der Waals surface area (Å²) in [6, 6.07) is 2.07. The zero-order valence-corrected chi connectivity index (χ0v) is 15.3. The quantitative estimate of drug-likeness (QED) is 0.719. The summed E-state index contributed by atoms with van der Waals surface area (Å²) in [4.78, 5) is 27.8. The van der Waals surface area contributed by atoms with Gasteiger partial charge in [-0.15, -0.1) is 0 Å². The van der Waals surface area contributed by atoms with E-state index in [1.165, 1.54) is 6.20 Å². The molecule has 0 saturated heterocycles. The third-order valence-electron chi connectivity index (χ3n) is 4.05. The number of hydrogen-bond acceptors (Lipinski definition) is 6. The van der Waals surface area contributed by atoms with Crippen LogP contribution in [0.2, 0.25) is 0 Å². The fourth-order valence-electron chi connectivity index (χ4n) is 2.67. The van der Waals surface area contributed by atoms with Crippen LogP contribution in [0.5, 0.6) is 0 Å². The van der Waals surface area contributed by atoms with E-state index in [0.717, 1.165) is 23.4 Å². The Labute approximate surface area is 152 Å². The average molecular weight is 357 g/mol. The molecule has 8 heteroatoms. The fourth-order valence-corrected chi connectivity index (χ4v) is 2.67. The molecule has 2 heterocycles. The van der Waals surface area contributed by atoms with Crippen molar-refractivity contribution in [3.05, 3.63) is 28.7 Å². The Morgan fingerprint density at radius 3 is 2.81 bits per heavy atom. The number of esters is 1. The van der Waals surface area contributed by atoms with Crippen molar-refractivity contribution in [2.75, 3.05) is 13.2 Å². The predicted molar refractivity (Wildman–Crippen MR) is 94.4 cm³/mol. The second kappa shape index (κ2) is 8.94. The lowest BCUT2D eigenvalue weighted by Crippen LogP contribution is -2.27. The summed E-state index contributed by atoms with van der Waals surface area (Å²) in [6.45, 7) is 6.35. The number of nitrogens with one attached hydrogen (secondary N) is 1. The SMILES string of the molecule is CCCOC(=O)CCNC(=O)CCc1c(C)nc2c(C#N)cnn2c1C. The summed E-state index contributed by atoms with van der Waals surface area (Å²) in [6.07, 6.45) is 3.23. The van der Waals surface area contributed by atoms with Gasteiger partial charge < -0.3 is 10.1 Å². The van der Waals surface area contributed by atoms with Crippen molar-refractivity contribution in [3.63, 3.8) is 0 Å². The fraction of sp³-hybridized carbons (Fsp3) is 0.500. The largest absolute Gasteiger partial charge is 0.466 e. The Morgan fingerprint density at radius 1 is 1.35 bits per heavy atom. The summed E-state index contributed by atoms with van der Waals surface area (Å²) in [5, 5.41) is 16.0.